The summed E-state index contributed by atoms with van der Waals surface area (Å²) in [5.74, 6) is 1.14. The van der Waals surface area contributed by atoms with Gasteiger partial charge in [0.25, 0.3) is 25.8 Å². The average Bonchev–Trinajstić information content (AvgIpc) is 3.32. The molecule has 13 heteroatoms. The molecule has 1 aliphatic heterocycles. The molecule has 0 fully saturated rings. The number of rotatable bonds is 10. The summed E-state index contributed by atoms with van der Waals surface area (Å²) < 4.78 is 78.1. The molecule has 1 atom stereocenters. The molecule has 4 rings (SSSR count). The number of anilines is 1. The van der Waals surface area contributed by atoms with Gasteiger partial charge in [-0.15, -0.1) is 0 Å². The van der Waals surface area contributed by atoms with Gasteiger partial charge in [-0.25, -0.2) is 0 Å². The van der Waals surface area contributed by atoms with Gasteiger partial charge in [0, 0.05) is 30.1 Å². The van der Waals surface area contributed by atoms with Gasteiger partial charge in [-0.3, -0.25) is 9.11 Å². The molecular weight excluding hydrogens is 568 g/mol. The second-order valence-corrected chi connectivity index (χ2v) is 13.4. The molecule has 3 aromatic rings. The monoisotopic (exact) mass is 597 g/mol. The van der Waals surface area contributed by atoms with Crippen molar-refractivity contribution in [2.24, 2.45) is 0 Å². The number of allylic oxidation sites excluding steroid dienone is 2. The molecule has 1 aromatic heterocycles. The zero-order valence-electron chi connectivity index (χ0n) is 21.7. The van der Waals surface area contributed by atoms with E-state index >= 15 is 0 Å². The number of hydrogen-bond donors (Lipinski definition) is 2. The topological polar surface area (TPSA) is 138 Å². The molecule has 1 unspecified atom stereocenters. The Bertz CT molecular complexity index is 1680. The van der Waals surface area contributed by atoms with Gasteiger partial charge in [-0.2, -0.15) is 21.4 Å². The number of fused-ring (bicyclic) bond motifs is 2. The zero-order chi connectivity index (χ0) is 28.5. The quantitative estimate of drug-likeness (QED) is 0.250. The minimum atomic E-state index is -4.18. The Kier molecular flexibility index (Phi) is 8.43. The Labute approximate surface area is 232 Å². The molecule has 39 heavy (non-hydrogen) atoms. The van der Waals surface area contributed by atoms with Crippen molar-refractivity contribution < 1.29 is 39.7 Å². The standard InChI is InChI=1S/C26H29ClN2O8S2/c1-17-5-7-23-21(13-17)29(11-9-19(3)39(33,34)35)26(36-23)15-18(2)14-25-28(10-4-12-38(30,31)32)22-16-20(27)6-8-24(22)37-25/h5-8,13-16,19H,4,9-12H2,1-3H3,(H-,30,31,32,33,34,35)/p+1. The fourth-order valence-corrected chi connectivity index (χ4v) is 5.32. The summed E-state index contributed by atoms with van der Waals surface area (Å²) in [6.45, 7) is 5.78. The molecule has 0 amide bonds. The fraction of sp³-hybridized carbons (Fsp3) is 0.346. The lowest BCUT2D eigenvalue weighted by molar-refractivity contribution is -0.677. The first kappa shape index (κ1) is 29.1. The number of oxazole rings is 1. The van der Waals surface area contributed by atoms with Crippen molar-refractivity contribution in [3.8, 4) is 5.75 Å². The molecule has 0 saturated heterocycles. The Hall–Kier alpha value is -2.90. The number of hydrogen-bond acceptors (Lipinski definition) is 7. The smallest absolute Gasteiger partial charge is 0.374 e. The van der Waals surface area contributed by atoms with Crippen LogP contribution in [-0.4, -0.2) is 43.5 Å². The molecule has 0 radical (unpaired) electrons. The molecule has 0 saturated carbocycles. The van der Waals surface area contributed by atoms with E-state index in [0.717, 1.165) is 16.8 Å². The van der Waals surface area contributed by atoms with Gasteiger partial charge in [0.2, 0.25) is 11.5 Å². The van der Waals surface area contributed by atoms with Crippen LogP contribution >= 0.6 is 11.6 Å². The normalized spacial score (nSPS) is 16.1. The zero-order valence-corrected chi connectivity index (χ0v) is 24.1. The molecular formula is C26H30ClN2O8S2+. The van der Waals surface area contributed by atoms with Crippen molar-refractivity contribution in [1.29, 1.82) is 0 Å². The Balaban J connectivity index is 1.68. The highest BCUT2D eigenvalue weighted by atomic mass is 35.5. The highest BCUT2D eigenvalue weighted by Gasteiger charge is 2.29. The van der Waals surface area contributed by atoms with Crippen molar-refractivity contribution in [2.75, 3.05) is 17.2 Å². The lowest BCUT2D eigenvalue weighted by atomic mass is 10.2. The highest BCUT2D eigenvalue weighted by molar-refractivity contribution is 7.86. The summed E-state index contributed by atoms with van der Waals surface area (Å²) in [5, 5.41) is -0.461. The Morgan fingerprint density at radius 3 is 2.59 bits per heavy atom. The van der Waals surface area contributed by atoms with Crippen LogP contribution < -0.4 is 14.2 Å². The first-order valence-corrected chi connectivity index (χ1v) is 15.7. The van der Waals surface area contributed by atoms with E-state index in [0.29, 0.717) is 33.6 Å². The van der Waals surface area contributed by atoms with Crippen LogP contribution in [0.25, 0.3) is 17.2 Å². The van der Waals surface area contributed by atoms with E-state index in [1.165, 1.54) is 6.92 Å². The lowest BCUT2D eigenvalue weighted by Crippen LogP contribution is -2.36. The van der Waals surface area contributed by atoms with Gasteiger partial charge >= 0.3 is 5.89 Å². The molecule has 2 aromatic carbocycles. The third kappa shape index (κ3) is 7.20. The molecule has 10 nitrogen and oxygen atoms in total. The van der Waals surface area contributed by atoms with Gasteiger partial charge in [0.1, 0.15) is 0 Å². The van der Waals surface area contributed by atoms with E-state index in [9.17, 15) is 21.4 Å². The number of aromatic nitrogens is 1. The van der Waals surface area contributed by atoms with E-state index in [2.05, 4.69) is 0 Å². The van der Waals surface area contributed by atoms with Crippen LogP contribution in [0.4, 0.5) is 5.69 Å². The van der Waals surface area contributed by atoms with Crippen molar-refractivity contribution in [2.45, 2.75) is 45.4 Å². The van der Waals surface area contributed by atoms with Crippen LogP contribution in [0.3, 0.4) is 0 Å². The van der Waals surface area contributed by atoms with Gasteiger partial charge in [-0.05, 0) is 62.6 Å². The van der Waals surface area contributed by atoms with Crippen LogP contribution in [0.1, 0.15) is 38.1 Å². The maximum absolute atomic E-state index is 11.6. The largest absolute Gasteiger partial charge is 0.439 e. The Morgan fingerprint density at radius 1 is 1.15 bits per heavy atom. The molecule has 0 bridgehead atoms. The third-order valence-electron chi connectivity index (χ3n) is 6.33. The van der Waals surface area contributed by atoms with Gasteiger partial charge in [0.05, 0.1) is 22.8 Å². The van der Waals surface area contributed by atoms with Gasteiger partial charge in [-0.1, -0.05) is 17.7 Å². The number of benzene rings is 2. The maximum Gasteiger partial charge on any atom is 0.374 e. The van der Waals surface area contributed by atoms with Crippen molar-refractivity contribution in [1.82, 2.24) is 0 Å². The van der Waals surface area contributed by atoms with E-state index in [1.54, 1.807) is 34.9 Å². The van der Waals surface area contributed by atoms with Gasteiger partial charge in [0.15, 0.2) is 12.3 Å². The van der Waals surface area contributed by atoms with Gasteiger partial charge < -0.3 is 14.1 Å². The molecule has 2 heterocycles. The summed E-state index contributed by atoms with van der Waals surface area (Å²) in [5.41, 5.74) is 3.75. The summed E-state index contributed by atoms with van der Waals surface area (Å²) >= 11 is 6.19. The maximum atomic E-state index is 11.6. The van der Waals surface area contributed by atoms with Crippen LogP contribution in [0.2, 0.25) is 5.02 Å². The first-order chi connectivity index (χ1) is 18.2. The highest BCUT2D eigenvalue weighted by Crippen LogP contribution is 2.40. The molecule has 0 spiro atoms. The van der Waals surface area contributed by atoms with E-state index in [-0.39, 0.29) is 25.9 Å². The van der Waals surface area contributed by atoms with Crippen molar-refractivity contribution in [3.63, 3.8) is 0 Å². The van der Waals surface area contributed by atoms with Crippen molar-refractivity contribution >= 4 is 54.7 Å². The second-order valence-electron chi connectivity index (χ2n) is 9.55. The van der Waals surface area contributed by atoms with Crippen LogP contribution in [-0.2, 0) is 26.8 Å². The number of nitrogens with zero attached hydrogens (tertiary/aromatic N) is 2. The number of ether oxygens (including phenoxy) is 1. The van der Waals surface area contributed by atoms with E-state index in [1.807, 2.05) is 36.9 Å². The molecule has 1 aliphatic rings. The average molecular weight is 598 g/mol. The van der Waals surface area contributed by atoms with Crippen molar-refractivity contribution in [3.05, 3.63) is 70.4 Å². The predicted octanol–water partition coefficient (Wildman–Crippen LogP) is 4.77. The SMILES string of the molecule is CC(/C=C1\Oc2ccc(C)cc2N1CCC(C)S(=O)(=O)O)=C\c1oc2ccc(Cl)cc2[n+]1CCCS(=O)(=O)O. The van der Waals surface area contributed by atoms with Crippen LogP contribution in [0, 0.1) is 6.92 Å². The Morgan fingerprint density at radius 2 is 1.90 bits per heavy atom. The van der Waals surface area contributed by atoms with Crippen LogP contribution in [0.5, 0.6) is 5.75 Å². The molecule has 210 valence electrons. The summed E-state index contributed by atoms with van der Waals surface area (Å²) in [6.07, 6.45) is 3.89. The van der Waals surface area contributed by atoms with E-state index < -0.39 is 31.2 Å². The lowest BCUT2D eigenvalue weighted by Gasteiger charge is -2.20. The predicted molar refractivity (Wildman–Crippen MR) is 149 cm³/mol. The summed E-state index contributed by atoms with van der Waals surface area (Å²) in [7, 11) is -8.29. The minimum absolute atomic E-state index is 0.156. The molecule has 2 N–H and O–H groups in total. The van der Waals surface area contributed by atoms with Crippen LogP contribution in [0.15, 0.2) is 58.3 Å². The molecule has 0 aliphatic carbocycles. The fourth-order valence-electron chi connectivity index (χ4n) is 4.26. The first-order valence-electron chi connectivity index (χ1n) is 12.2. The van der Waals surface area contributed by atoms with E-state index in [4.69, 9.17) is 25.3 Å². The summed E-state index contributed by atoms with van der Waals surface area (Å²) in [4.78, 5) is 1.86. The second kappa shape index (κ2) is 11.3. The third-order valence-corrected chi connectivity index (χ3v) is 8.62. The number of halogens is 1. The minimum Gasteiger partial charge on any atom is -0.439 e. The summed E-state index contributed by atoms with van der Waals surface area (Å²) in [6, 6.07) is 10.8. The number of aryl methyl sites for hydroxylation is 2.